The number of benzene rings is 2. The van der Waals surface area contributed by atoms with Crippen LogP contribution in [0, 0.1) is 0 Å². The maximum Gasteiger partial charge on any atom is 0.191 e. The molecule has 2 heterocycles. The molecule has 33 heavy (non-hydrogen) atoms. The first-order chi connectivity index (χ1) is 15.8. The van der Waals surface area contributed by atoms with E-state index in [1.807, 2.05) is 7.05 Å². The molecule has 0 radical (unpaired) electrons. The molecule has 178 valence electrons. The molecule has 1 aromatic heterocycles. The van der Waals surface area contributed by atoms with E-state index in [1.165, 1.54) is 40.7 Å². The number of nitrogens with one attached hydrogen (secondary N) is 3. The van der Waals surface area contributed by atoms with Crippen molar-refractivity contribution in [1.82, 2.24) is 25.4 Å². The van der Waals surface area contributed by atoms with Gasteiger partial charge in [-0.25, -0.2) is 0 Å². The minimum Gasteiger partial charge on any atom is -0.361 e. The van der Waals surface area contributed by atoms with Gasteiger partial charge in [0.15, 0.2) is 5.96 Å². The first-order valence-electron chi connectivity index (χ1n) is 11.8. The summed E-state index contributed by atoms with van der Waals surface area (Å²) in [4.78, 5) is 12.9. The third kappa shape index (κ3) is 6.94. The normalized spacial score (nSPS) is 15.4. The highest BCUT2D eigenvalue weighted by Crippen LogP contribution is 2.17. The molecule has 1 saturated heterocycles. The van der Waals surface area contributed by atoms with Crippen LogP contribution in [0.2, 0.25) is 0 Å². The number of hydrogen-bond donors (Lipinski definition) is 3. The third-order valence-electron chi connectivity index (χ3n) is 6.46. The van der Waals surface area contributed by atoms with Gasteiger partial charge in [0.2, 0.25) is 0 Å². The van der Waals surface area contributed by atoms with E-state index in [0.717, 1.165) is 51.6 Å². The number of rotatable bonds is 8. The average molecular weight is 561 g/mol. The summed E-state index contributed by atoms with van der Waals surface area (Å²) in [5.74, 6) is 0.844. The summed E-state index contributed by atoms with van der Waals surface area (Å²) in [5.41, 5.74) is 5.26. The fraction of sp³-hybridized carbons (Fsp3) is 0.423. The van der Waals surface area contributed by atoms with Crippen molar-refractivity contribution in [3.05, 3.63) is 71.4 Å². The first kappa shape index (κ1) is 25.5. The molecule has 4 rings (SSSR count). The molecule has 1 aliphatic rings. The van der Waals surface area contributed by atoms with E-state index in [0.29, 0.717) is 0 Å². The molecule has 0 atom stereocenters. The lowest BCUT2D eigenvalue weighted by Crippen LogP contribution is -2.45. The number of hydrogen-bond acceptors (Lipinski definition) is 3. The van der Waals surface area contributed by atoms with E-state index in [1.54, 1.807) is 0 Å². The maximum absolute atomic E-state index is 4.42. The van der Waals surface area contributed by atoms with E-state index in [9.17, 15) is 0 Å². The first-order valence-corrected chi connectivity index (χ1v) is 11.8. The van der Waals surface area contributed by atoms with Crippen LogP contribution >= 0.6 is 24.0 Å². The van der Waals surface area contributed by atoms with Crippen molar-refractivity contribution in [2.24, 2.45) is 4.99 Å². The Hall–Kier alpha value is -2.10. The number of H-pyrrole nitrogens is 1. The fourth-order valence-corrected chi connectivity index (χ4v) is 4.44. The molecular weight excluding hydrogens is 523 g/mol. The van der Waals surface area contributed by atoms with Gasteiger partial charge in [0.25, 0.3) is 0 Å². The summed E-state index contributed by atoms with van der Waals surface area (Å²) in [6.07, 6.45) is 3.06. The highest BCUT2D eigenvalue weighted by Gasteiger charge is 2.16. The minimum atomic E-state index is 0. The number of halogens is 1. The van der Waals surface area contributed by atoms with Crippen molar-refractivity contribution in [3.8, 4) is 0 Å². The summed E-state index contributed by atoms with van der Waals surface area (Å²) in [6, 6.07) is 17.2. The zero-order valence-electron chi connectivity index (χ0n) is 19.8. The zero-order chi connectivity index (χ0) is 22.2. The Morgan fingerprint density at radius 1 is 0.909 bits per heavy atom. The van der Waals surface area contributed by atoms with E-state index in [-0.39, 0.29) is 24.0 Å². The van der Waals surface area contributed by atoms with Gasteiger partial charge in [-0.2, -0.15) is 0 Å². The van der Waals surface area contributed by atoms with E-state index >= 15 is 0 Å². The highest BCUT2D eigenvalue weighted by molar-refractivity contribution is 14.0. The molecule has 0 saturated carbocycles. The van der Waals surface area contributed by atoms with E-state index in [4.69, 9.17) is 0 Å². The van der Waals surface area contributed by atoms with Crippen LogP contribution in [0.25, 0.3) is 10.9 Å². The van der Waals surface area contributed by atoms with Crippen molar-refractivity contribution in [3.63, 3.8) is 0 Å². The molecule has 1 aliphatic heterocycles. The largest absolute Gasteiger partial charge is 0.361 e. The summed E-state index contributed by atoms with van der Waals surface area (Å²) >= 11 is 0. The Kier molecular flexibility index (Phi) is 10.0. The van der Waals surface area contributed by atoms with Gasteiger partial charge in [-0.3, -0.25) is 9.89 Å². The number of nitrogens with zero attached hydrogens (tertiary/aromatic N) is 3. The van der Waals surface area contributed by atoms with Crippen LogP contribution in [0.5, 0.6) is 0 Å². The second-order valence-electron chi connectivity index (χ2n) is 8.44. The van der Waals surface area contributed by atoms with Crippen LogP contribution in [0.1, 0.15) is 23.6 Å². The minimum absolute atomic E-state index is 0. The summed E-state index contributed by atoms with van der Waals surface area (Å²) in [6.45, 7) is 10.7. The fourth-order valence-electron chi connectivity index (χ4n) is 4.44. The predicted octanol–water partition coefficient (Wildman–Crippen LogP) is 3.83. The summed E-state index contributed by atoms with van der Waals surface area (Å²) in [5, 5.41) is 8.26. The monoisotopic (exact) mass is 560 g/mol. The van der Waals surface area contributed by atoms with Crippen LogP contribution in [0.3, 0.4) is 0 Å². The summed E-state index contributed by atoms with van der Waals surface area (Å²) in [7, 11) is 1.83. The number of guanidine groups is 1. The van der Waals surface area contributed by atoms with Gasteiger partial charge in [-0.1, -0.05) is 49.4 Å². The Morgan fingerprint density at radius 2 is 1.61 bits per heavy atom. The summed E-state index contributed by atoms with van der Waals surface area (Å²) < 4.78 is 0. The molecular formula is C26H37IN6. The Bertz CT molecular complexity index is 1020. The lowest BCUT2D eigenvalue weighted by atomic mass is 10.1. The zero-order valence-corrected chi connectivity index (χ0v) is 22.1. The highest BCUT2D eigenvalue weighted by atomic mass is 127. The molecule has 7 heteroatoms. The molecule has 0 bridgehead atoms. The molecule has 1 fully saturated rings. The number of aliphatic imine (C=N–C) groups is 1. The number of aromatic amines is 1. The predicted molar refractivity (Wildman–Crippen MR) is 149 cm³/mol. The van der Waals surface area contributed by atoms with Gasteiger partial charge in [-0.05, 0) is 35.7 Å². The smallest absolute Gasteiger partial charge is 0.191 e. The Labute approximate surface area is 214 Å². The number of fused-ring (bicyclic) bond motifs is 1. The lowest BCUT2D eigenvalue weighted by Gasteiger charge is -2.34. The average Bonchev–Trinajstić information content (AvgIpc) is 3.25. The number of para-hydroxylation sites is 1. The number of aromatic nitrogens is 1. The van der Waals surface area contributed by atoms with Crippen LogP contribution in [-0.2, 0) is 19.5 Å². The Balaban J connectivity index is 0.00000306. The maximum atomic E-state index is 4.42. The van der Waals surface area contributed by atoms with Gasteiger partial charge >= 0.3 is 0 Å². The van der Waals surface area contributed by atoms with Crippen LogP contribution in [0.15, 0.2) is 59.7 Å². The van der Waals surface area contributed by atoms with E-state index < -0.39 is 0 Å². The van der Waals surface area contributed by atoms with Gasteiger partial charge < -0.3 is 20.5 Å². The number of likely N-dealkylation sites (N-methyl/N-ethyl adjacent to an activating group) is 1. The van der Waals surface area contributed by atoms with Crippen molar-refractivity contribution >= 4 is 40.8 Å². The van der Waals surface area contributed by atoms with Gasteiger partial charge in [0.05, 0.1) is 0 Å². The van der Waals surface area contributed by atoms with Crippen molar-refractivity contribution in [1.29, 1.82) is 0 Å². The molecule has 3 aromatic rings. The van der Waals surface area contributed by atoms with Gasteiger partial charge in [0, 0.05) is 70.0 Å². The van der Waals surface area contributed by atoms with Gasteiger partial charge in [-0.15, -0.1) is 24.0 Å². The number of piperazine rings is 1. The molecule has 0 aliphatic carbocycles. The second-order valence-corrected chi connectivity index (χ2v) is 8.44. The van der Waals surface area contributed by atoms with E-state index in [2.05, 4.69) is 92.1 Å². The van der Waals surface area contributed by atoms with Crippen LogP contribution in [-0.4, -0.2) is 67.1 Å². The Morgan fingerprint density at radius 3 is 2.36 bits per heavy atom. The van der Waals surface area contributed by atoms with Gasteiger partial charge in [0.1, 0.15) is 0 Å². The molecule has 0 amide bonds. The van der Waals surface area contributed by atoms with Crippen molar-refractivity contribution < 1.29 is 0 Å². The molecule has 6 nitrogen and oxygen atoms in total. The quantitative estimate of drug-likeness (QED) is 0.223. The van der Waals surface area contributed by atoms with Crippen molar-refractivity contribution in [2.45, 2.75) is 26.4 Å². The molecule has 3 N–H and O–H groups in total. The second kappa shape index (κ2) is 13.0. The third-order valence-corrected chi connectivity index (χ3v) is 6.46. The molecule has 0 unspecified atom stereocenters. The lowest BCUT2D eigenvalue weighted by molar-refractivity contribution is 0.131. The molecule has 2 aromatic carbocycles. The van der Waals surface area contributed by atoms with Crippen molar-refractivity contribution in [2.75, 3.05) is 46.3 Å². The SMILES string of the molecule is CCN1CCN(Cc2ccccc2CNC(=NC)NCCc2c[nH]c3ccccc23)CC1.I. The van der Waals surface area contributed by atoms with Crippen LogP contribution < -0.4 is 10.6 Å². The van der Waals surface area contributed by atoms with Crippen LogP contribution in [0.4, 0.5) is 0 Å². The topological polar surface area (TPSA) is 58.7 Å². The molecule has 0 spiro atoms. The standard InChI is InChI=1S/C26H36N6.HI/c1-3-31-14-16-32(17-15-31)20-23-9-5-4-8-21(23)18-30-26(27-2)28-13-12-22-19-29-25-11-7-6-10-24(22)25;/h4-11,19,29H,3,12-18,20H2,1-2H3,(H2,27,28,30);1H.